The van der Waals surface area contributed by atoms with Crippen LogP contribution < -0.4 is 5.32 Å². The molecule has 0 amide bonds. The Morgan fingerprint density at radius 3 is 2.61 bits per heavy atom. The summed E-state index contributed by atoms with van der Waals surface area (Å²) >= 11 is 1.65. The van der Waals surface area contributed by atoms with E-state index >= 15 is 0 Å². The number of rotatable bonds is 3. The number of aryl methyl sites for hydroxylation is 2. The van der Waals surface area contributed by atoms with Crippen molar-refractivity contribution in [3.8, 4) is 5.75 Å². The van der Waals surface area contributed by atoms with Crippen LogP contribution in [0.5, 0.6) is 5.75 Å². The maximum atomic E-state index is 9.94. The number of benzene rings is 1. The Morgan fingerprint density at radius 1 is 1.28 bits per heavy atom. The van der Waals surface area contributed by atoms with E-state index in [1.165, 1.54) is 4.88 Å². The molecule has 2 N–H and O–H groups in total. The fraction of sp³-hybridized carbons (Fsp3) is 0.357. The van der Waals surface area contributed by atoms with E-state index in [1.54, 1.807) is 11.3 Å². The average Bonchev–Trinajstić information content (AvgIpc) is 2.76. The van der Waals surface area contributed by atoms with Crippen LogP contribution in [0.15, 0.2) is 17.6 Å². The number of aromatic hydroxyl groups is 1. The van der Waals surface area contributed by atoms with Gasteiger partial charge in [0.05, 0.1) is 17.2 Å². The molecule has 1 aromatic heterocycles. The largest absolute Gasteiger partial charge is 0.507 e. The molecule has 0 aliphatic carbocycles. The van der Waals surface area contributed by atoms with Gasteiger partial charge >= 0.3 is 0 Å². The Morgan fingerprint density at radius 2 is 2.00 bits per heavy atom. The standard InChI is InChI=1S/C14H18N2OS/c1-8-5-6-12(9(2)13(8)17)16-11(4)14-10(3)15-7-18-14/h5-7,11,16-17H,1-4H3. The Balaban J connectivity index is 2.25. The van der Waals surface area contributed by atoms with Crippen molar-refractivity contribution in [2.45, 2.75) is 33.7 Å². The minimum Gasteiger partial charge on any atom is -0.507 e. The lowest BCUT2D eigenvalue weighted by molar-refractivity contribution is 0.467. The number of phenols is 1. The highest BCUT2D eigenvalue weighted by Crippen LogP contribution is 2.31. The maximum Gasteiger partial charge on any atom is 0.123 e. The summed E-state index contributed by atoms with van der Waals surface area (Å²) in [5.74, 6) is 0.369. The highest BCUT2D eigenvalue weighted by Gasteiger charge is 2.13. The summed E-state index contributed by atoms with van der Waals surface area (Å²) in [6.45, 7) is 7.96. The average molecular weight is 262 g/mol. The molecule has 0 aliphatic heterocycles. The van der Waals surface area contributed by atoms with E-state index in [4.69, 9.17) is 0 Å². The molecule has 1 atom stereocenters. The van der Waals surface area contributed by atoms with E-state index < -0.39 is 0 Å². The van der Waals surface area contributed by atoms with Gasteiger partial charge in [0.25, 0.3) is 0 Å². The van der Waals surface area contributed by atoms with Gasteiger partial charge in [-0.05, 0) is 39.3 Å². The van der Waals surface area contributed by atoms with Crippen molar-refractivity contribution < 1.29 is 5.11 Å². The zero-order valence-electron chi connectivity index (χ0n) is 11.1. The Bertz CT molecular complexity index is 563. The molecule has 0 saturated heterocycles. The van der Waals surface area contributed by atoms with Crippen LogP contribution in [0.1, 0.15) is 34.7 Å². The van der Waals surface area contributed by atoms with Crippen LogP contribution in [-0.2, 0) is 0 Å². The molecule has 2 aromatic rings. The Hall–Kier alpha value is -1.55. The quantitative estimate of drug-likeness (QED) is 0.880. The minimum absolute atomic E-state index is 0.193. The Labute approximate surface area is 112 Å². The number of nitrogens with zero attached hydrogens (tertiary/aromatic N) is 1. The highest BCUT2D eigenvalue weighted by atomic mass is 32.1. The van der Waals surface area contributed by atoms with Crippen molar-refractivity contribution in [1.82, 2.24) is 4.98 Å². The van der Waals surface area contributed by atoms with Crippen molar-refractivity contribution in [2.24, 2.45) is 0 Å². The molecular weight excluding hydrogens is 244 g/mol. The lowest BCUT2D eigenvalue weighted by Crippen LogP contribution is -2.07. The van der Waals surface area contributed by atoms with Gasteiger partial charge in [0.2, 0.25) is 0 Å². The smallest absolute Gasteiger partial charge is 0.123 e. The zero-order chi connectivity index (χ0) is 13.3. The first-order chi connectivity index (χ1) is 8.50. The molecule has 96 valence electrons. The van der Waals surface area contributed by atoms with Crippen LogP contribution in [-0.4, -0.2) is 10.1 Å². The van der Waals surface area contributed by atoms with Crippen molar-refractivity contribution in [2.75, 3.05) is 5.32 Å². The number of anilines is 1. The van der Waals surface area contributed by atoms with Gasteiger partial charge in [-0.1, -0.05) is 6.07 Å². The van der Waals surface area contributed by atoms with Gasteiger partial charge in [-0.15, -0.1) is 11.3 Å². The topological polar surface area (TPSA) is 45.2 Å². The predicted molar refractivity (Wildman–Crippen MR) is 76.5 cm³/mol. The normalized spacial score (nSPS) is 12.4. The number of nitrogens with one attached hydrogen (secondary N) is 1. The van der Waals surface area contributed by atoms with Crippen LogP contribution in [0.25, 0.3) is 0 Å². The molecule has 3 nitrogen and oxygen atoms in total. The fourth-order valence-electron chi connectivity index (χ4n) is 2.02. The molecule has 0 aliphatic rings. The molecule has 0 fully saturated rings. The summed E-state index contributed by atoms with van der Waals surface area (Å²) in [7, 11) is 0. The molecule has 0 spiro atoms. The minimum atomic E-state index is 0.193. The van der Waals surface area contributed by atoms with E-state index in [-0.39, 0.29) is 6.04 Å². The van der Waals surface area contributed by atoms with Crippen molar-refractivity contribution in [1.29, 1.82) is 0 Å². The summed E-state index contributed by atoms with van der Waals surface area (Å²) in [5, 5.41) is 13.4. The van der Waals surface area contributed by atoms with Gasteiger partial charge in [-0.2, -0.15) is 0 Å². The fourth-order valence-corrected chi connectivity index (χ4v) is 2.83. The maximum absolute atomic E-state index is 9.94. The number of thiazole rings is 1. The van der Waals surface area contributed by atoms with Gasteiger partial charge in [0.1, 0.15) is 5.75 Å². The second kappa shape index (κ2) is 4.98. The highest BCUT2D eigenvalue weighted by molar-refractivity contribution is 7.09. The Kier molecular flexibility index (Phi) is 3.57. The number of hydrogen-bond donors (Lipinski definition) is 2. The molecule has 1 unspecified atom stereocenters. The molecule has 0 saturated carbocycles. The second-order valence-corrected chi connectivity index (χ2v) is 5.46. The third-order valence-electron chi connectivity index (χ3n) is 3.18. The van der Waals surface area contributed by atoms with Gasteiger partial charge in [-0.25, -0.2) is 4.98 Å². The van der Waals surface area contributed by atoms with E-state index in [0.717, 1.165) is 22.5 Å². The van der Waals surface area contributed by atoms with Crippen molar-refractivity contribution >= 4 is 17.0 Å². The second-order valence-electron chi connectivity index (χ2n) is 4.57. The van der Waals surface area contributed by atoms with Gasteiger partial charge in [0.15, 0.2) is 0 Å². The summed E-state index contributed by atoms with van der Waals surface area (Å²) in [6.07, 6.45) is 0. The first-order valence-corrected chi connectivity index (χ1v) is 6.84. The molecule has 2 rings (SSSR count). The zero-order valence-corrected chi connectivity index (χ0v) is 11.9. The molecule has 18 heavy (non-hydrogen) atoms. The predicted octanol–water partition coefficient (Wildman–Crippen LogP) is 3.95. The third-order valence-corrected chi connectivity index (χ3v) is 4.29. The number of phenolic OH excluding ortho intramolecular Hbond substituents is 1. The molecule has 0 radical (unpaired) electrons. The molecule has 4 heteroatoms. The first kappa shape index (κ1) is 12.9. The van der Waals surface area contributed by atoms with E-state index in [1.807, 2.05) is 38.4 Å². The van der Waals surface area contributed by atoms with E-state index in [0.29, 0.717) is 5.75 Å². The summed E-state index contributed by atoms with van der Waals surface area (Å²) in [6, 6.07) is 4.13. The van der Waals surface area contributed by atoms with E-state index in [9.17, 15) is 5.11 Å². The van der Waals surface area contributed by atoms with Gasteiger partial charge in [0, 0.05) is 16.1 Å². The molecule has 0 bridgehead atoms. The van der Waals surface area contributed by atoms with Crippen LogP contribution >= 0.6 is 11.3 Å². The number of aromatic nitrogens is 1. The SMILES string of the molecule is Cc1ccc(NC(C)c2scnc2C)c(C)c1O. The lowest BCUT2D eigenvalue weighted by atomic mass is 10.1. The lowest BCUT2D eigenvalue weighted by Gasteiger charge is -2.17. The van der Waals surface area contributed by atoms with Crippen LogP contribution in [0, 0.1) is 20.8 Å². The summed E-state index contributed by atoms with van der Waals surface area (Å²) < 4.78 is 0. The summed E-state index contributed by atoms with van der Waals surface area (Å²) in [5.41, 5.74) is 5.69. The molecular formula is C14H18N2OS. The third kappa shape index (κ3) is 2.34. The van der Waals surface area contributed by atoms with Crippen LogP contribution in [0.3, 0.4) is 0 Å². The van der Waals surface area contributed by atoms with Crippen LogP contribution in [0.2, 0.25) is 0 Å². The molecule has 1 heterocycles. The number of hydrogen-bond acceptors (Lipinski definition) is 4. The van der Waals surface area contributed by atoms with Gasteiger partial charge < -0.3 is 10.4 Å². The molecule has 1 aromatic carbocycles. The van der Waals surface area contributed by atoms with Gasteiger partial charge in [-0.3, -0.25) is 0 Å². The van der Waals surface area contributed by atoms with Crippen LogP contribution in [0.4, 0.5) is 5.69 Å². The van der Waals surface area contributed by atoms with E-state index in [2.05, 4.69) is 17.2 Å². The summed E-state index contributed by atoms with van der Waals surface area (Å²) in [4.78, 5) is 5.49. The van der Waals surface area contributed by atoms with Crippen molar-refractivity contribution in [3.63, 3.8) is 0 Å². The van der Waals surface area contributed by atoms with Crippen molar-refractivity contribution in [3.05, 3.63) is 39.3 Å². The first-order valence-electron chi connectivity index (χ1n) is 5.96. The monoisotopic (exact) mass is 262 g/mol.